The summed E-state index contributed by atoms with van der Waals surface area (Å²) >= 11 is 1.79. The number of rotatable bonds is 7. The lowest BCUT2D eigenvalue weighted by Gasteiger charge is -2.25. The van der Waals surface area contributed by atoms with Gasteiger partial charge < -0.3 is 10.2 Å². The van der Waals surface area contributed by atoms with E-state index in [1.807, 2.05) is 25.9 Å². The predicted molar refractivity (Wildman–Crippen MR) is 117 cm³/mol. The van der Waals surface area contributed by atoms with Crippen LogP contribution in [0.3, 0.4) is 0 Å². The van der Waals surface area contributed by atoms with E-state index in [1.54, 1.807) is 20.7 Å². The van der Waals surface area contributed by atoms with Crippen molar-refractivity contribution in [2.75, 3.05) is 50.5 Å². The van der Waals surface area contributed by atoms with Crippen molar-refractivity contribution in [2.24, 2.45) is 12.0 Å². The number of thioether (sulfide) groups is 1. The van der Waals surface area contributed by atoms with Crippen molar-refractivity contribution in [1.29, 1.82) is 0 Å². The molecule has 0 bridgehead atoms. The van der Waals surface area contributed by atoms with Crippen LogP contribution in [0.4, 0.5) is 0 Å². The van der Waals surface area contributed by atoms with Crippen molar-refractivity contribution in [3.05, 3.63) is 12.2 Å². The number of hydrogen-bond acceptors (Lipinski definition) is 6. The first-order valence-corrected chi connectivity index (χ1v) is 11.1. The van der Waals surface area contributed by atoms with Gasteiger partial charge in [0.05, 0.1) is 18.8 Å². The fourth-order valence-electron chi connectivity index (χ4n) is 2.44. The molecule has 0 aromatic carbocycles. The van der Waals surface area contributed by atoms with Crippen LogP contribution in [0.2, 0.25) is 0 Å². The third-order valence-corrected chi connectivity index (χ3v) is 6.65. The molecule has 0 amide bonds. The second-order valence-corrected chi connectivity index (χ2v) is 9.03. The van der Waals surface area contributed by atoms with Crippen LogP contribution in [-0.4, -0.2) is 88.8 Å². The summed E-state index contributed by atoms with van der Waals surface area (Å²) in [4.78, 5) is 10.6. The van der Waals surface area contributed by atoms with E-state index in [9.17, 15) is 8.42 Å². The Bertz CT molecular complexity index is 675. The molecule has 1 fully saturated rings. The molecule has 9 nitrogen and oxygen atoms in total. The van der Waals surface area contributed by atoms with Gasteiger partial charge >= 0.3 is 0 Å². The van der Waals surface area contributed by atoms with Crippen LogP contribution in [0.1, 0.15) is 12.7 Å². The molecule has 12 heteroatoms. The third-order valence-electron chi connectivity index (χ3n) is 3.85. The second-order valence-electron chi connectivity index (χ2n) is 5.72. The largest absolute Gasteiger partial charge is 0.357 e. The quantitative estimate of drug-likeness (QED) is 0.314. The minimum atomic E-state index is -3.24. The highest BCUT2D eigenvalue weighted by Crippen LogP contribution is 2.13. The van der Waals surface area contributed by atoms with Gasteiger partial charge in [0.2, 0.25) is 10.0 Å². The molecule has 1 aromatic heterocycles. The Morgan fingerprint density at radius 3 is 2.69 bits per heavy atom. The van der Waals surface area contributed by atoms with E-state index in [-0.39, 0.29) is 36.3 Å². The number of nitrogens with zero attached hydrogens (tertiary/aromatic N) is 6. The van der Waals surface area contributed by atoms with Crippen molar-refractivity contribution < 1.29 is 8.42 Å². The van der Waals surface area contributed by atoms with Gasteiger partial charge in [-0.2, -0.15) is 16.9 Å². The number of nitrogens with one attached hydrogen (secondary N) is 1. The molecule has 26 heavy (non-hydrogen) atoms. The molecule has 1 aromatic rings. The number of guanidine groups is 1. The molecule has 0 radical (unpaired) electrons. The van der Waals surface area contributed by atoms with Gasteiger partial charge in [0, 0.05) is 45.2 Å². The summed E-state index contributed by atoms with van der Waals surface area (Å²) in [5.74, 6) is 3.24. The van der Waals surface area contributed by atoms with Crippen molar-refractivity contribution in [3.8, 4) is 0 Å². The second kappa shape index (κ2) is 11.3. The number of aromatic nitrogens is 3. The molecule has 0 saturated carbocycles. The summed E-state index contributed by atoms with van der Waals surface area (Å²) in [5.41, 5.74) is 0. The Morgan fingerprint density at radius 2 is 2.12 bits per heavy atom. The maximum Gasteiger partial charge on any atom is 0.215 e. The lowest BCUT2D eigenvalue weighted by atomic mass is 10.5. The van der Waals surface area contributed by atoms with Gasteiger partial charge in [-0.3, -0.25) is 9.67 Å². The number of aliphatic imine (C=N–C) groups is 1. The van der Waals surface area contributed by atoms with Crippen LogP contribution < -0.4 is 5.32 Å². The Kier molecular flexibility index (Phi) is 10.2. The standard InChI is InChI=1S/C14H27N7O2S2.HI/c1-4-15-14(19(2)11-13-17-12-18-20(13)3)16-5-10-25(22,23)21-6-8-24-9-7-21;/h12H,4-11H2,1-3H3,(H,15,16);1H. The zero-order valence-corrected chi connectivity index (χ0v) is 19.4. The Labute approximate surface area is 177 Å². The molecule has 2 heterocycles. The van der Waals surface area contributed by atoms with Crippen molar-refractivity contribution >= 4 is 51.7 Å². The van der Waals surface area contributed by atoms with Gasteiger partial charge in [-0.05, 0) is 6.92 Å². The Hall–Kier alpha value is -0.600. The van der Waals surface area contributed by atoms with Crippen LogP contribution in [0.15, 0.2) is 11.3 Å². The SMILES string of the molecule is CCNC(=NCCS(=O)(=O)N1CCSCC1)N(C)Cc1ncnn1C.I. The highest BCUT2D eigenvalue weighted by Gasteiger charge is 2.23. The van der Waals surface area contributed by atoms with Crippen molar-refractivity contribution in [1.82, 2.24) is 29.3 Å². The average molecular weight is 517 g/mol. The van der Waals surface area contributed by atoms with Crippen LogP contribution in [0.25, 0.3) is 0 Å². The number of aryl methyl sites for hydroxylation is 1. The predicted octanol–water partition coefficient (Wildman–Crippen LogP) is 0.209. The van der Waals surface area contributed by atoms with E-state index in [0.29, 0.717) is 32.1 Å². The van der Waals surface area contributed by atoms with E-state index in [4.69, 9.17) is 0 Å². The maximum absolute atomic E-state index is 12.4. The summed E-state index contributed by atoms with van der Waals surface area (Å²) in [6, 6.07) is 0. The number of halogens is 1. The molecule has 1 N–H and O–H groups in total. The van der Waals surface area contributed by atoms with Crippen LogP contribution in [-0.2, 0) is 23.6 Å². The highest BCUT2D eigenvalue weighted by atomic mass is 127. The zero-order valence-electron chi connectivity index (χ0n) is 15.5. The smallest absolute Gasteiger partial charge is 0.215 e. The van der Waals surface area contributed by atoms with Crippen LogP contribution in [0.5, 0.6) is 0 Å². The summed E-state index contributed by atoms with van der Waals surface area (Å²) < 4.78 is 28.1. The molecule has 150 valence electrons. The minimum absolute atomic E-state index is 0. The topological polar surface area (TPSA) is 95.7 Å². The summed E-state index contributed by atoms with van der Waals surface area (Å²) in [5, 5.41) is 7.24. The van der Waals surface area contributed by atoms with E-state index >= 15 is 0 Å². The molecule has 0 aliphatic carbocycles. The monoisotopic (exact) mass is 517 g/mol. The molecule has 1 aliphatic heterocycles. The Balaban J connectivity index is 0.00000338. The summed E-state index contributed by atoms with van der Waals surface area (Å²) in [6.07, 6.45) is 1.51. The van der Waals surface area contributed by atoms with E-state index in [1.165, 1.54) is 6.33 Å². The summed E-state index contributed by atoms with van der Waals surface area (Å²) in [7, 11) is 0.496. The fraction of sp³-hybridized carbons (Fsp3) is 0.786. The lowest BCUT2D eigenvalue weighted by molar-refractivity contribution is 0.441. The van der Waals surface area contributed by atoms with Gasteiger partial charge in [0.15, 0.2) is 5.96 Å². The highest BCUT2D eigenvalue weighted by molar-refractivity contribution is 14.0. The maximum atomic E-state index is 12.4. The molecule has 0 unspecified atom stereocenters. The van der Waals surface area contributed by atoms with Crippen molar-refractivity contribution in [3.63, 3.8) is 0 Å². The third kappa shape index (κ3) is 6.85. The molecule has 1 saturated heterocycles. The first-order chi connectivity index (χ1) is 11.9. The molecular weight excluding hydrogens is 489 g/mol. The normalized spacial score (nSPS) is 16.2. The Morgan fingerprint density at radius 1 is 1.42 bits per heavy atom. The van der Waals surface area contributed by atoms with Gasteiger partial charge in [0.1, 0.15) is 12.2 Å². The lowest BCUT2D eigenvalue weighted by Crippen LogP contribution is -2.41. The van der Waals surface area contributed by atoms with E-state index in [0.717, 1.165) is 17.3 Å². The van der Waals surface area contributed by atoms with Crippen molar-refractivity contribution in [2.45, 2.75) is 13.5 Å². The zero-order chi connectivity index (χ0) is 18.3. The van der Waals surface area contributed by atoms with E-state index in [2.05, 4.69) is 20.4 Å². The fourth-order valence-corrected chi connectivity index (χ4v) is 4.89. The van der Waals surface area contributed by atoms with Gasteiger partial charge in [-0.1, -0.05) is 0 Å². The van der Waals surface area contributed by atoms with Gasteiger partial charge in [-0.15, -0.1) is 24.0 Å². The molecule has 2 rings (SSSR count). The first kappa shape index (κ1) is 23.4. The molecule has 1 aliphatic rings. The van der Waals surface area contributed by atoms with Gasteiger partial charge in [-0.25, -0.2) is 17.7 Å². The molecule has 0 atom stereocenters. The number of hydrogen-bond donors (Lipinski definition) is 1. The van der Waals surface area contributed by atoms with Crippen LogP contribution in [0, 0.1) is 0 Å². The minimum Gasteiger partial charge on any atom is -0.357 e. The van der Waals surface area contributed by atoms with Gasteiger partial charge in [0.25, 0.3) is 0 Å². The molecular formula is C14H28IN7O2S2. The average Bonchev–Trinajstić information content (AvgIpc) is 2.99. The summed E-state index contributed by atoms with van der Waals surface area (Å²) in [6.45, 7) is 4.66. The van der Waals surface area contributed by atoms with Crippen LogP contribution >= 0.6 is 35.7 Å². The number of sulfonamides is 1. The van der Waals surface area contributed by atoms with E-state index < -0.39 is 10.0 Å². The molecule has 0 spiro atoms. The first-order valence-electron chi connectivity index (χ1n) is 8.32.